The van der Waals surface area contributed by atoms with Crippen molar-refractivity contribution in [2.45, 2.75) is 51.7 Å². The van der Waals surface area contributed by atoms with Gasteiger partial charge in [-0.3, -0.25) is 4.79 Å². The maximum absolute atomic E-state index is 13.3. The van der Waals surface area contributed by atoms with Crippen molar-refractivity contribution in [1.29, 1.82) is 0 Å². The van der Waals surface area contributed by atoms with Crippen LogP contribution in [0.4, 0.5) is 24.7 Å². The Balaban J connectivity index is 1.52. The molecule has 4 rings (SSSR count). The number of fused-ring (bicyclic) bond motifs is 1. The van der Waals surface area contributed by atoms with Crippen molar-refractivity contribution in [2.24, 2.45) is 0 Å². The third-order valence-corrected chi connectivity index (χ3v) is 6.67. The van der Waals surface area contributed by atoms with E-state index >= 15 is 0 Å². The highest BCUT2D eigenvalue weighted by Gasteiger charge is 2.31. The van der Waals surface area contributed by atoms with Crippen LogP contribution in [0.1, 0.15) is 41.8 Å². The number of pyridine rings is 1. The largest absolute Gasteiger partial charge is 0.494 e. The van der Waals surface area contributed by atoms with Gasteiger partial charge in [0, 0.05) is 44.2 Å². The van der Waals surface area contributed by atoms with E-state index in [-0.39, 0.29) is 25.3 Å². The smallest absolute Gasteiger partial charge is 0.408 e. The minimum atomic E-state index is -4.51. The van der Waals surface area contributed by atoms with Crippen LogP contribution in [-0.2, 0) is 24.2 Å². The molecular weight excluding hydrogens is 527 g/mol. The number of carboxylic acid groups (broad SMARTS) is 1. The first-order chi connectivity index (χ1) is 19.0. The van der Waals surface area contributed by atoms with Gasteiger partial charge >= 0.3 is 12.1 Å². The van der Waals surface area contributed by atoms with E-state index in [1.54, 1.807) is 6.07 Å². The van der Waals surface area contributed by atoms with E-state index in [9.17, 15) is 23.1 Å². The molecule has 0 amide bonds. The fourth-order valence-corrected chi connectivity index (χ4v) is 4.69. The van der Waals surface area contributed by atoms with Gasteiger partial charge in [0.05, 0.1) is 31.0 Å². The molecule has 1 aromatic carbocycles. The zero-order chi connectivity index (χ0) is 28.9. The highest BCUT2D eigenvalue weighted by atomic mass is 19.4. The molecule has 1 atom stereocenters. The third kappa shape index (κ3) is 7.57. The molecule has 12 heteroatoms. The lowest BCUT2D eigenvalue weighted by atomic mass is 9.90. The van der Waals surface area contributed by atoms with Crippen LogP contribution < -0.4 is 19.7 Å². The molecule has 216 valence electrons. The van der Waals surface area contributed by atoms with Crippen LogP contribution in [0.5, 0.6) is 11.6 Å². The highest BCUT2D eigenvalue weighted by Crippen LogP contribution is 2.31. The second kappa shape index (κ2) is 12.5. The van der Waals surface area contributed by atoms with Crippen LogP contribution in [0.2, 0.25) is 0 Å². The average molecular weight is 562 g/mol. The zero-order valence-corrected chi connectivity index (χ0v) is 22.8. The van der Waals surface area contributed by atoms with E-state index in [1.165, 1.54) is 6.07 Å². The summed E-state index contributed by atoms with van der Waals surface area (Å²) >= 11 is 0. The van der Waals surface area contributed by atoms with Gasteiger partial charge in [-0.2, -0.15) is 18.3 Å². The number of likely N-dealkylation sites (N-methyl/N-ethyl adjacent to an activating group) is 1. The molecule has 1 aliphatic rings. The van der Waals surface area contributed by atoms with Gasteiger partial charge in [-0.05, 0) is 49.6 Å². The van der Waals surface area contributed by atoms with Crippen LogP contribution in [0.3, 0.4) is 0 Å². The van der Waals surface area contributed by atoms with Gasteiger partial charge in [0.15, 0.2) is 0 Å². The van der Waals surface area contributed by atoms with Gasteiger partial charge in [0.1, 0.15) is 18.1 Å². The number of aliphatic carboxylic acids is 1. The van der Waals surface area contributed by atoms with Gasteiger partial charge in [-0.1, -0.05) is 12.1 Å². The van der Waals surface area contributed by atoms with Crippen LogP contribution in [0.25, 0.3) is 0 Å². The molecule has 9 nitrogen and oxygen atoms in total. The fourth-order valence-electron chi connectivity index (χ4n) is 4.69. The minimum absolute atomic E-state index is 0.0314. The fraction of sp³-hybridized carbons (Fsp3) is 0.464. The van der Waals surface area contributed by atoms with Crippen LogP contribution in [-0.4, -0.2) is 65.4 Å². The predicted molar refractivity (Wildman–Crippen MR) is 145 cm³/mol. The summed E-state index contributed by atoms with van der Waals surface area (Å²) in [4.78, 5) is 18.4. The number of rotatable bonds is 12. The van der Waals surface area contributed by atoms with E-state index in [0.717, 1.165) is 40.5 Å². The number of benzene rings is 1. The number of carboxylic acids is 1. The monoisotopic (exact) mass is 561 g/mol. The number of aromatic nitrogens is 3. The number of hydrogen-bond donors (Lipinski definition) is 2. The lowest BCUT2D eigenvalue weighted by Gasteiger charge is -2.27. The van der Waals surface area contributed by atoms with Crippen molar-refractivity contribution in [3.05, 3.63) is 58.9 Å². The van der Waals surface area contributed by atoms with E-state index in [1.807, 2.05) is 45.2 Å². The van der Waals surface area contributed by atoms with Crippen molar-refractivity contribution < 1.29 is 32.5 Å². The minimum Gasteiger partial charge on any atom is -0.494 e. The quantitative estimate of drug-likeness (QED) is 0.324. The van der Waals surface area contributed by atoms with Gasteiger partial charge in [-0.25, -0.2) is 9.67 Å². The molecule has 2 N–H and O–H groups in total. The number of nitrogens with zero attached hydrogens (tertiary/aromatic N) is 4. The third-order valence-electron chi connectivity index (χ3n) is 6.67. The number of carbonyl (C=O) groups is 1. The predicted octanol–water partition coefficient (Wildman–Crippen LogP) is 4.83. The second-order valence-corrected chi connectivity index (χ2v) is 9.82. The number of halogens is 3. The first-order valence-corrected chi connectivity index (χ1v) is 13.2. The topological polar surface area (TPSA) is 102 Å². The molecule has 0 saturated carbocycles. The van der Waals surface area contributed by atoms with Crippen LogP contribution >= 0.6 is 0 Å². The Morgan fingerprint density at radius 3 is 2.70 bits per heavy atom. The molecule has 1 unspecified atom stereocenters. The summed E-state index contributed by atoms with van der Waals surface area (Å²) in [6.45, 7) is 4.61. The molecular formula is C28H34F3N5O4. The lowest BCUT2D eigenvalue weighted by molar-refractivity contribution is -0.143. The molecule has 0 saturated heterocycles. The van der Waals surface area contributed by atoms with Gasteiger partial charge in [0.25, 0.3) is 0 Å². The number of aryl methyl sites for hydroxylation is 1. The van der Waals surface area contributed by atoms with Gasteiger partial charge in [-0.15, -0.1) is 0 Å². The van der Waals surface area contributed by atoms with Crippen molar-refractivity contribution in [2.75, 3.05) is 43.6 Å². The Hall–Kier alpha value is -3.96. The summed E-state index contributed by atoms with van der Waals surface area (Å²) in [5, 5.41) is 16.9. The summed E-state index contributed by atoms with van der Waals surface area (Å²) in [6, 6.07) is 10.7. The maximum Gasteiger partial charge on any atom is 0.408 e. The van der Waals surface area contributed by atoms with E-state index in [4.69, 9.17) is 9.47 Å². The molecule has 0 aliphatic carbocycles. The van der Waals surface area contributed by atoms with Crippen molar-refractivity contribution >= 4 is 17.5 Å². The Labute approximate surface area is 230 Å². The number of nitrogens with one attached hydrogen (secondary N) is 1. The zero-order valence-electron chi connectivity index (χ0n) is 22.8. The maximum atomic E-state index is 13.3. The summed E-state index contributed by atoms with van der Waals surface area (Å²) in [6.07, 6.45) is -4.22. The van der Waals surface area contributed by atoms with Crippen molar-refractivity contribution in [3.63, 3.8) is 0 Å². The van der Waals surface area contributed by atoms with Crippen LogP contribution in [0, 0.1) is 6.92 Å². The van der Waals surface area contributed by atoms with Gasteiger partial charge in [0.2, 0.25) is 5.88 Å². The summed E-state index contributed by atoms with van der Waals surface area (Å²) in [5.41, 5.74) is 3.66. The molecule has 0 spiro atoms. The summed E-state index contributed by atoms with van der Waals surface area (Å²) < 4.78 is 52.2. The Morgan fingerprint density at radius 2 is 1.98 bits per heavy atom. The number of anilines is 2. The van der Waals surface area contributed by atoms with Crippen LogP contribution in [0.15, 0.2) is 36.4 Å². The number of ether oxygens (including phenoxy) is 2. The molecule has 1 aliphatic heterocycles. The average Bonchev–Trinajstić information content (AvgIpc) is 3.24. The highest BCUT2D eigenvalue weighted by molar-refractivity contribution is 5.68. The normalized spacial score (nSPS) is 13.9. The van der Waals surface area contributed by atoms with E-state index in [2.05, 4.69) is 20.3 Å². The molecule has 0 bridgehead atoms. The Morgan fingerprint density at radius 1 is 1.18 bits per heavy atom. The summed E-state index contributed by atoms with van der Waals surface area (Å²) in [7, 11) is 1.99. The molecule has 0 fully saturated rings. The van der Waals surface area contributed by atoms with E-state index < -0.39 is 24.6 Å². The van der Waals surface area contributed by atoms with Crippen molar-refractivity contribution in [1.82, 2.24) is 14.8 Å². The molecule has 40 heavy (non-hydrogen) atoms. The standard InChI is InChI=1S/C28H34F3N5O4/c1-4-39-24-14-19(6-5-18(24)2)20(15-26(37)38)13-22-16-25(36(34-22)17-28(29,30)31)40-12-9-21-7-8-23-27(33-21)32-10-11-35(23)3/h5-8,14,16,20H,4,9-13,15,17H2,1-3H3,(H,32,33)(H,37,38). The van der Waals surface area contributed by atoms with E-state index in [0.29, 0.717) is 30.0 Å². The number of hydrogen-bond acceptors (Lipinski definition) is 7. The van der Waals surface area contributed by atoms with Gasteiger partial charge < -0.3 is 24.8 Å². The molecule has 3 aromatic rings. The molecule has 3 heterocycles. The Bertz CT molecular complexity index is 1330. The molecule has 2 aromatic heterocycles. The first kappa shape index (κ1) is 29.0. The van der Waals surface area contributed by atoms with Crippen molar-refractivity contribution in [3.8, 4) is 11.6 Å². The lowest BCUT2D eigenvalue weighted by Crippen LogP contribution is -2.31. The second-order valence-electron chi connectivity index (χ2n) is 9.82. The SMILES string of the molecule is CCOc1cc(C(CC(=O)O)Cc2cc(OCCc3ccc4c(n3)NCCN4C)n(CC(F)(F)F)n2)ccc1C. The molecule has 0 radical (unpaired) electrons. The number of alkyl halides is 3. The Kier molecular flexibility index (Phi) is 9.06. The first-order valence-electron chi connectivity index (χ1n) is 13.2. The summed E-state index contributed by atoms with van der Waals surface area (Å²) in [5.74, 6) is -0.169.